The zero-order chi connectivity index (χ0) is 15.6. The van der Waals surface area contributed by atoms with Crippen molar-refractivity contribution in [2.45, 2.75) is 37.3 Å². The van der Waals surface area contributed by atoms with E-state index in [-0.39, 0.29) is 10.9 Å². The number of sulfonamides is 1. The van der Waals surface area contributed by atoms with E-state index in [1.807, 2.05) is 20.9 Å². The van der Waals surface area contributed by atoms with Crippen molar-refractivity contribution in [1.82, 2.24) is 9.21 Å². The molecule has 0 radical (unpaired) electrons. The van der Waals surface area contributed by atoms with Crippen molar-refractivity contribution in [3.8, 4) is 0 Å². The average Bonchev–Trinajstić information content (AvgIpc) is 2.46. The summed E-state index contributed by atoms with van der Waals surface area (Å²) in [5.74, 6) is 0. The predicted molar refractivity (Wildman–Crippen MR) is 82.5 cm³/mol. The van der Waals surface area contributed by atoms with Crippen LogP contribution in [-0.4, -0.2) is 55.5 Å². The zero-order valence-corrected chi connectivity index (χ0v) is 13.7. The molecule has 2 unspecified atom stereocenters. The fourth-order valence-electron chi connectivity index (χ4n) is 2.73. The van der Waals surface area contributed by atoms with Crippen LogP contribution in [0.15, 0.2) is 29.2 Å². The van der Waals surface area contributed by atoms with Crippen LogP contribution < -0.4 is 0 Å². The number of hydrogen-bond donors (Lipinski definition) is 1. The topological polar surface area (TPSA) is 60.9 Å². The van der Waals surface area contributed by atoms with Gasteiger partial charge in [0.15, 0.2) is 0 Å². The van der Waals surface area contributed by atoms with Gasteiger partial charge in [-0.05, 0) is 38.1 Å². The molecule has 1 heterocycles. The Morgan fingerprint density at radius 2 is 2.10 bits per heavy atom. The largest absolute Gasteiger partial charge is 0.388 e. The molecule has 6 heteroatoms. The molecule has 1 N–H and O–H groups in total. The van der Waals surface area contributed by atoms with Crippen LogP contribution in [0.1, 0.15) is 31.9 Å². The minimum atomic E-state index is -3.50. The van der Waals surface area contributed by atoms with Gasteiger partial charge in [-0.1, -0.05) is 19.1 Å². The van der Waals surface area contributed by atoms with Gasteiger partial charge >= 0.3 is 0 Å². The van der Waals surface area contributed by atoms with E-state index in [0.29, 0.717) is 18.5 Å². The van der Waals surface area contributed by atoms with Gasteiger partial charge in [-0.15, -0.1) is 0 Å². The van der Waals surface area contributed by atoms with Gasteiger partial charge in [0.05, 0.1) is 11.0 Å². The normalized spacial score (nSPS) is 23.1. The van der Waals surface area contributed by atoms with Crippen LogP contribution in [0.3, 0.4) is 0 Å². The quantitative estimate of drug-likeness (QED) is 0.914. The molecule has 0 amide bonds. The molecule has 0 spiro atoms. The van der Waals surface area contributed by atoms with Crippen molar-refractivity contribution in [3.63, 3.8) is 0 Å². The number of likely N-dealkylation sites (N-methyl/N-ethyl adjacent to an activating group) is 1. The zero-order valence-electron chi connectivity index (χ0n) is 12.9. The summed E-state index contributed by atoms with van der Waals surface area (Å²) in [6.07, 6.45) is -0.0564. The minimum Gasteiger partial charge on any atom is -0.388 e. The molecule has 1 fully saturated rings. The van der Waals surface area contributed by atoms with E-state index in [2.05, 4.69) is 4.90 Å². The van der Waals surface area contributed by atoms with E-state index in [4.69, 9.17) is 0 Å². The van der Waals surface area contributed by atoms with Crippen molar-refractivity contribution >= 4 is 10.0 Å². The maximum absolute atomic E-state index is 12.8. The first-order valence-corrected chi connectivity index (χ1v) is 8.78. The first-order valence-electron chi connectivity index (χ1n) is 7.34. The lowest BCUT2D eigenvalue weighted by atomic mass is 10.1. The molecule has 0 bridgehead atoms. The molecule has 5 nitrogen and oxygen atoms in total. The molecule has 0 aromatic heterocycles. The minimum absolute atomic E-state index is 0.0477. The molecule has 0 aliphatic carbocycles. The summed E-state index contributed by atoms with van der Waals surface area (Å²) in [6.45, 7) is 5.77. The fraction of sp³-hybridized carbons (Fsp3) is 0.600. The molecule has 2 rings (SSSR count). The molecule has 1 aliphatic rings. The Morgan fingerprint density at radius 3 is 2.71 bits per heavy atom. The average molecular weight is 312 g/mol. The first-order chi connectivity index (χ1) is 9.86. The van der Waals surface area contributed by atoms with Crippen LogP contribution in [0.2, 0.25) is 0 Å². The van der Waals surface area contributed by atoms with E-state index in [0.717, 1.165) is 13.1 Å². The number of aliphatic hydroxyl groups is 1. The summed E-state index contributed by atoms with van der Waals surface area (Å²) in [4.78, 5) is 2.40. The number of hydrogen-bond acceptors (Lipinski definition) is 4. The molecule has 21 heavy (non-hydrogen) atoms. The van der Waals surface area contributed by atoms with Crippen LogP contribution >= 0.6 is 0 Å². The summed E-state index contributed by atoms with van der Waals surface area (Å²) in [5, 5.41) is 9.90. The highest BCUT2D eigenvalue weighted by atomic mass is 32.2. The third-order valence-electron chi connectivity index (χ3n) is 4.01. The number of benzene rings is 1. The Bertz CT molecular complexity index is 588. The molecule has 0 saturated carbocycles. The lowest BCUT2D eigenvalue weighted by molar-refractivity contribution is 0.170. The highest BCUT2D eigenvalue weighted by molar-refractivity contribution is 7.89. The van der Waals surface area contributed by atoms with Gasteiger partial charge in [-0.3, -0.25) is 0 Å². The smallest absolute Gasteiger partial charge is 0.243 e. The Balaban J connectivity index is 2.31. The molecule has 1 aliphatic heterocycles. The van der Waals surface area contributed by atoms with Crippen LogP contribution in [-0.2, 0) is 10.0 Å². The van der Waals surface area contributed by atoms with Crippen molar-refractivity contribution in [2.75, 3.05) is 26.7 Å². The Labute approximate surface area is 127 Å². The van der Waals surface area contributed by atoms with Gasteiger partial charge < -0.3 is 10.0 Å². The first kappa shape index (κ1) is 16.4. The van der Waals surface area contributed by atoms with Crippen molar-refractivity contribution in [3.05, 3.63) is 29.8 Å². The summed E-state index contributed by atoms with van der Waals surface area (Å²) in [6, 6.07) is 6.61. The monoisotopic (exact) mass is 312 g/mol. The van der Waals surface area contributed by atoms with Crippen LogP contribution in [0, 0.1) is 0 Å². The second kappa shape index (κ2) is 6.44. The van der Waals surface area contributed by atoms with Gasteiger partial charge in [0.1, 0.15) is 0 Å². The lowest BCUT2D eigenvalue weighted by Crippen LogP contribution is -2.52. The molecular formula is C15H24N2O3S. The number of piperazine rings is 1. The molecule has 2 atom stereocenters. The van der Waals surface area contributed by atoms with Crippen molar-refractivity contribution < 1.29 is 13.5 Å². The summed E-state index contributed by atoms with van der Waals surface area (Å²) < 4.78 is 27.1. The SMILES string of the molecule is CCC(O)c1cccc(S(=O)(=O)N2CCN(C)CC2C)c1. The summed E-state index contributed by atoms with van der Waals surface area (Å²) >= 11 is 0. The summed E-state index contributed by atoms with van der Waals surface area (Å²) in [7, 11) is -1.50. The van der Waals surface area contributed by atoms with E-state index < -0.39 is 16.1 Å². The Kier molecular flexibility index (Phi) is 5.03. The summed E-state index contributed by atoms with van der Waals surface area (Å²) in [5.41, 5.74) is 0.653. The maximum atomic E-state index is 12.8. The van der Waals surface area contributed by atoms with Gasteiger partial charge in [0, 0.05) is 25.7 Å². The molecule has 1 aromatic carbocycles. The highest BCUT2D eigenvalue weighted by Crippen LogP contribution is 2.24. The predicted octanol–water partition coefficient (Wildman–Crippen LogP) is 1.45. The Morgan fingerprint density at radius 1 is 1.38 bits per heavy atom. The fourth-order valence-corrected chi connectivity index (χ4v) is 4.40. The van der Waals surface area contributed by atoms with Crippen LogP contribution in [0.5, 0.6) is 0 Å². The standard InChI is InChI=1S/C15H24N2O3S/c1-4-15(18)13-6-5-7-14(10-13)21(19,20)17-9-8-16(3)11-12(17)2/h5-7,10,12,15,18H,4,8-9,11H2,1-3H3. The van der Waals surface area contributed by atoms with Gasteiger partial charge in [0.25, 0.3) is 0 Å². The van der Waals surface area contributed by atoms with E-state index >= 15 is 0 Å². The molecule has 1 saturated heterocycles. The lowest BCUT2D eigenvalue weighted by Gasteiger charge is -2.37. The number of rotatable bonds is 4. The molecule has 1 aromatic rings. The van der Waals surface area contributed by atoms with Gasteiger partial charge in [-0.2, -0.15) is 4.31 Å². The van der Waals surface area contributed by atoms with E-state index in [9.17, 15) is 13.5 Å². The van der Waals surface area contributed by atoms with E-state index in [1.165, 1.54) is 0 Å². The molecular weight excluding hydrogens is 288 g/mol. The second-order valence-electron chi connectivity index (χ2n) is 5.72. The van der Waals surface area contributed by atoms with Crippen molar-refractivity contribution in [2.24, 2.45) is 0 Å². The number of aliphatic hydroxyl groups excluding tert-OH is 1. The highest BCUT2D eigenvalue weighted by Gasteiger charge is 2.32. The van der Waals surface area contributed by atoms with Crippen LogP contribution in [0.25, 0.3) is 0 Å². The number of nitrogens with zero attached hydrogens (tertiary/aromatic N) is 2. The van der Waals surface area contributed by atoms with Crippen molar-refractivity contribution in [1.29, 1.82) is 0 Å². The second-order valence-corrected chi connectivity index (χ2v) is 7.61. The third-order valence-corrected chi connectivity index (χ3v) is 6.02. The van der Waals surface area contributed by atoms with E-state index in [1.54, 1.807) is 28.6 Å². The maximum Gasteiger partial charge on any atom is 0.243 e. The Hall–Kier alpha value is -0.950. The van der Waals surface area contributed by atoms with Crippen LogP contribution in [0.4, 0.5) is 0 Å². The molecule has 118 valence electrons. The van der Waals surface area contributed by atoms with Gasteiger partial charge in [-0.25, -0.2) is 8.42 Å². The van der Waals surface area contributed by atoms with Gasteiger partial charge in [0.2, 0.25) is 10.0 Å². The third kappa shape index (κ3) is 3.45.